The average molecular weight is 347 g/mol. The number of carbonyl (C=O) groups excluding carboxylic acids is 2. The van der Waals surface area contributed by atoms with E-state index in [1.54, 1.807) is 37.5 Å². The molecular weight excluding hydrogens is 325 g/mol. The highest BCUT2D eigenvalue weighted by Gasteiger charge is 2.20. The summed E-state index contributed by atoms with van der Waals surface area (Å²) in [5.74, 6) is -1.03. The van der Waals surface area contributed by atoms with E-state index in [0.29, 0.717) is 18.7 Å². The van der Waals surface area contributed by atoms with E-state index in [2.05, 4.69) is 10.4 Å². The van der Waals surface area contributed by atoms with Gasteiger partial charge in [-0.25, -0.2) is 9.07 Å². The number of rotatable bonds is 8. The molecule has 134 valence electrons. The smallest absolute Gasteiger partial charge is 0.306 e. The van der Waals surface area contributed by atoms with Crippen molar-refractivity contribution in [3.8, 4) is 5.69 Å². The van der Waals surface area contributed by atoms with Crippen molar-refractivity contribution in [2.24, 2.45) is 0 Å². The lowest BCUT2D eigenvalue weighted by molar-refractivity contribution is -0.148. The zero-order valence-corrected chi connectivity index (χ0v) is 14.4. The second-order valence-electron chi connectivity index (χ2n) is 5.56. The van der Waals surface area contributed by atoms with Crippen LogP contribution in [0, 0.1) is 5.82 Å². The fourth-order valence-corrected chi connectivity index (χ4v) is 2.53. The van der Waals surface area contributed by atoms with Crippen LogP contribution < -0.4 is 5.32 Å². The Morgan fingerprint density at radius 3 is 2.80 bits per heavy atom. The summed E-state index contributed by atoms with van der Waals surface area (Å²) in [5, 5.41) is 6.77. The molecule has 0 saturated carbocycles. The quantitative estimate of drug-likeness (QED) is 0.745. The van der Waals surface area contributed by atoms with Gasteiger partial charge >= 0.3 is 5.97 Å². The molecule has 1 amide bonds. The fourth-order valence-electron chi connectivity index (χ4n) is 2.53. The highest BCUT2D eigenvalue weighted by molar-refractivity contribution is 5.77. The van der Waals surface area contributed by atoms with Crippen LogP contribution in [0.5, 0.6) is 0 Å². The molecule has 0 aliphatic heterocycles. The second-order valence-corrected chi connectivity index (χ2v) is 5.56. The Labute approximate surface area is 146 Å². The molecule has 2 aromatic rings. The molecule has 1 aromatic heterocycles. The molecule has 1 atom stereocenters. The van der Waals surface area contributed by atoms with Gasteiger partial charge in [0.1, 0.15) is 11.9 Å². The summed E-state index contributed by atoms with van der Waals surface area (Å²) in [6, 6.07) is 6.34. The maximum Gasteiger partial charge on any atom is 0.306 e. The molecule has 1 heterocycles. The standard InChI is InChI=1S/C18H22FN3O3/c1-3-20-16(23)9-5-10-17(24)25-13(2)18-14(19)7-4-8-15(18)22-12-6-11-21-22/h4,6-8,11-13H,3,5,9-10H2,1-2H3,(H,20,23). The van der Waals surface area contributed by atoms with Gasteiger partial charge in [-0.2, -0.15) is 5.10 Å². The first-order chi connectivity index (χ1) is 12.0. The third kappa shape index (κ3) is 5.14. The highest BCUT2D eigenvalue weighted by Crippen LogP contribution is 2.27. The van der Waals surface area contributed by atoms with Gasteiger partial charge < -0.3 is 10.1 Å². The molecular formula is C18H22FN3O3. The molecule has 0 radical (unpaired) electrons. The van der Waals surface area contributed by atoms with Crippen LogP contribution in [0.15, 0.2) is 36.7 Å². The normalized spacial score (nSPS) is 11.8. The number of halogens is 1. The lowest BCUT2D eigenvalue weighted by Crippen LogP contribution is -2.22. The maximum absolute atomic E-state index is 14.3. The van der Waals surface area contributed by atoms with E-state index in [1.807, 2.05) is 6.92 Å². The van der Waals surface area contributed by atoms with Crippen LogP contribution in [-0.4, -0.2) is 28.2 Å². The second kappa shape index (κ2) is 8.96. The Morgan fingerprint density at radius 2 is 2.12 bits per heavy atom. The minimum atomic E-state index is -0.766. The summed E-state index contributed by atoms with van der Waals surface area (Å²) in [5.41, 5.74) is 0.788. The van der Waals surface area contributed by atoms with Gasteiger partial charge in [-0.1, -0.05) is 6.07 Å². The van der Waals surface area contributed by atoms with Gasteiger partial charge in [0.15, 0.2) is 0 Å². The molecule has 25 heavy (non-hydrogen) atoms. The summed E-state index contributed by atoms with van der Waals surface area (Å²) >= 11 is 0. The molecule has 1 unspecified atom stereocenters. The van der Waals surface area contributed by atoms with Crippen LogP contribution in [0.3, 0.4) is 0 Å². The molecule has 0 fully saturated rings. The number of benzene rings is 1. The number of esters is 1. The van der Waals surface area contributed by atoms with Gasteiger partial charge in [-0.3, -0.25) is 9.59 Å². The van der Waals surface area contributed by atoms with Gasteiger partial charge in [0.25, 0.3) is 0 Å². The third-order valence-electron chi connectivity index (χ3n) is 3.65. The first kappa shape index (κ1) is 18.6. The van der Waals surface area contributed by atoms with Gasteiger partial charge in [0.05, 0.1) is 11.3 Å². The van der Waals surface area contributed by atoms with Crippen molar-refractivity contribution in [2.45, 2.75) is 39.2 Å². The zero-order chi connectivity index (χ0) is 18.2. The summed E-state index contributed by atoms with van der Waals surface area (Å²) < 4.78 is 21.2. The van der Waals surface area contributed by atoms with Crippen LogP contribution in [0.25, 0.3) is 5.69 Å². The minimum Gasteiger partial charge on any atom is -0.458 e. The maximum atomic E-state index is 14.3. The lowest BCUT2D eigenvalue weighted by Gasteiger charge is -2.18. The fraction of sp³-hybridized carbons (Fsp3) is 0.389. The van der Waals surface area contributed by atoms with Crippen molar-refractivity contribution in [3.05, 3.63) is 48.0 Å². The van der Waals surface area contributed by atoms with Crippen molar-refractivity contribution in [1.29, 1.82) is 0 Å². The van der Waals surface area contributed by atoms with E-state index in [0.717, 1.165) is 0 Å². The number of nitrogens with one attached hydrogen (secondary N) is 1. The van der Waals surface area contributed by atoms with Crippen LogP contribution >= 0.6 is 0 Å². The first-order valence-electron chi connectivity index (χ1n) is 8.27. The van der Waals surface area contributed by atoms with Gasteiger partial charge in [0, 0.05) is 31.8 Å². The monoisotopic (exact) mass is 347 g/mol. The van der Waals surface area contributed by atoms with Crippen molar-refractivity contribution in [3.63, 3.8) is 0 Å². The van der Waals surface area contributed by atoms with Gasteiger partial charge in [0.2, 0.25) is 5.91 Å². The predicted octanol–water partition coefficient (Wildman–Crippen LogP) is 2.92. The Kier molecular flexibility index (Phi) is 6.68. The first-order valence-corrected chi connectivity index (χ1v) is 8.27. The van der Waals surface area contributed by atoms with Crippen LogP contribution in [0.2, 0.25) is 0 Å². The molecule has 6 nitrogen and oxygen atoms in total. The number of amides is 1. The van der Waals surface area contributed by atoms with Crippen molar-refractivity contribution < 1.29 is 18.7 Å². The largest absolute Gasteiger partial charge is 0.458 e. The molecule has 0 aliphatic carbocycles. The molecule has 0 aliphatic rings. The van der Waals surface area contributed by atoms with Crippen molar-refractivity contribution >= 4 is 11.9 Å². The van der Waals surface area contributed by atoms with E-state index in [1.165, 1.54) is 10.7 Å². The van der Waals surface area contributed by atoms with Crippen molar-refractivity contribution in [1.82, 2.24) is 15.1 Å². The Morgan fingerprint density at radius 1 is 1.32 bits per heavy atom. The molecule has 2 rings (SSSR count). The minimum absolute atomic E-state index is 0.0987. The van der Waals surface area contributed by atoms with E-state index < -0.39 is 17.9 Å². The molecule has 1 aromatic carbocycles. The summed E-state index contributed by atoms with van der Waals surface area (Å²) in [4.78, 5) is 23.3. The molecule has 0 spiro atoms. The summed E-state index contributed by atoms with van der Waals surface area (Å²) in [7, 11) is 0. The summed E-state index contributed by atoms with van der Waals surface area (Å²) in [6.45, 7) is 4.01. The Bertz CT molecular complexity index is 716. The molecule has 0 saturated heterocycles. The number of ether oxygens (including phenoxy) is 1. The van der Waals surface area contributed by atoms with E-state index in [9.17, 15) is 14.0 Å². The number of carbonyl (C=O) groups is 2. The number of nitrogens with zero attached hydrogens (tertiary/aromatic N) is 2. The predicted molar refractivity (Wildman–Crippen MR) is 90.6 cm³/mol. The Balaban J connectivity index is 2.00. The average Bonchev–Trinajstić information content (AvgIpc) is 3.09. The van der Waals surface area contributed by atoms with Crippen LogP contribution in [-0.2, 0) is 14.3 Å². The topological polar surface area (TPSA) is 73.2 Å². The molecule has 1 N–H and O–H groups in total. The van der Waals surface area contributed by atoms with Gasteiger partial charge in [-0.05, 0) is 38.5 Å². The number of hydrogen-bond donors (Lipinski definition) is 1. The highest BCUT2D eigenvalue weighted by atomic mass is 19.1. The lowest BCUT2D eigenvalue weighted by atomic mass is 10.1. The van der Waals surface area contributed by atoms with Crippen LogP contribution in [0.1, 0.15) is 44.8 Å². The number of hydrogen-bond acceptors (Lipinski definition) is 4. The van der Waals surface area contributed by atoms with E-state index >= 15 is 0 Å². The molecule has 0 bridgehead atoms. The molecule has 7 heteroatoms. The summed E-state index contributed by atoms with van der Waals surface area (Å²) in [6.07, 6.45) is 3.27. The van der Waals surface area contributed by atoms with Gasteiger partial charge in [-0.15, -0.1) is 0 Å². The van der Waals surface area contributed by atoms with Crippen LogP contribution in [0.4, 0.5) is 4.39 Å². The SMILES string of the molecule is CCNC(=O)CCCC(=O)OC(C)c1c(F)cccc1-n1cccn1. The zero-order valence-electron chi connectivity index (χ0n) is 14.4. The third-order valence-corrected chi connectivity index (χ3v) is 3.65. The van der Waals surface area contributed by atoms with E-state index in [4.69, 9.17) is 4.74 Å². The number of aromatic nitrogens is 2. The Hall–Kier alpha value is -2.70. The van der Waals surface area contributed by atoms with E-state index in [-0.39, 0.29) is 24.3 Å². The van der Waals surface area contributed by atoms with Crippen molar-refractivity contribution in [2.75, 3.05) is 6.54 Å².